The van der Waals surface area contributed by atoms with Gasteiger partial charge in [0.2, 0.25) is 5.91 Å². The van der Waals surface area contributed by atoms with Crippen LogP contribution in [0.5, 0.6) is 0 Å². The van der Waals surface area contributed by atoms with Gasteiger partial charge >= 0.3 is 0 Å². The van der Waals surface area contributed by atoms with Crippen molar-refractivity contribution in [3.8, 4) is 0 Å². The topological polar surface area (TPSA) is 70.0 Å². The van der Waals surface area contributed by atoms with Crippen LogP contribution in [0.4, 0.5) is 0 Å². The third kappa shape index (κ3) is 5.13. The first-order valence-electron chi connectivity index (χ1n) is 11.0. The molecule has 0 radical (unpaired) electrons. The Balaban J connectivity index is 1.47. The fourth-order valence-electron chi connectivity index (χ4n) is 4.54. The van der Waals surface area contributed by atoms with E-state index in [1.807, 2.05) is 11.0 Å². The number of hydrogen-bond donors (Lipinski definition) is 1. The summed E-state index contributed by atoms with van der Waals surface area (Å²) in [6.07, 6.45) is 10.2. The predicted molar refractivity (Wildman–Crippen MR) is 117 cm³/mol. The number of hydrogen-bond acceptors (Lipinski definition) is 4. The molecule has 1 atom stereocenters. The molecule has 2 aromatic rings. The van der Waals surface area contributed by atoms with Gasteiger partial charge in [0.15, 0.2) is 0 Å². The number of pyridine rings is 1. The molecule has 0 aromatic carbocycles. The van der Waals surface area contributed by atoms with Crippen molar-refractivity contribution in [3.63, 3.8) is 0 Å². The van der Waals surface area contributed by atoms with Gasteiger partial charge in [-0.1, -0.05) is 18.0 Å². The number of nitrogens with one attached hydrogen (secondary N) is 1. The minimum Gasteiger partial charge on any atom is -0.356 e. The van der Waals surface area contributed by atoms with E-state index in [1.165, 1.54) is 12.8 Å². The zero-order chi connectivity index (χ0) is 20.9. The van der Waals surface area contributed by atoms with E-state index in [-0.39, 0.29) is 11.8 Å². The maximum absolute atomic E-state index is 13.2. The van der Waals surface area contributed by atoms with Crippen molar-refractivity contribution in [1.29, 1.82) is 0 Å². The molecule has 0 bridgehead atoms. The summed E-state index contributed by atoms with van der Waals surface area (Å²) in [6, 6.07) is 3.92. The number of imidazole rings is 1. The molecule has 2 aliphatic heterocycles. The highest BCUT2D eigenvalue weighted by molar-refractivity contribution is 6.30. The maximum atomic E-state index is 13.2. The van der Waals surface area contributed by atoms with Gasteiger partial charge in [0.05, 0.1) is 5.02 Å². The molecule has 7 nitrogen and oxygen atoms in total. The van der Waals surface area contributed by atoms with Crippen molar-refractivity contribution in [2.45, 2.75) is 51.0 Å². The van der Waals surface area contributed by atoms with E-state index in [0.717, 1.165) is 38.8 Å². The molecular formula is C22H30ClN5O2. The Morgan fingerprint density at radius 2 is 1.83 bits per heavy atom. The van der Waals surface area contributed by atoms with Crippen molar-refractivity contribution in [2.75, 3.05) is 32.7 Å². The van der Waals surface area contributed by atoms with Crippen LogP contribution in [-0.2, 0) is 4.79 Å². The molecule has 2 fully saturated rings. The normalized spacial score (nSPS) is 22.5. The summed E-state index contributed by atoms with van der Waals surface area (Å²) in [6.45, 7) is 4.01. The molecule has 1 unspecified atom stereocenters. The van der Waals surface area contributed by atoms with Crippen LogP contribution in [0.15, 0.2) is 24.5 Å². The number of fused-ring (bicyclic) bond motifs is 2. The van der Waals surface area contributed by atoms with Crippen LogP contribution in [0.25, 0.3) is 5.65 Å². The van der Waals surface area contributed by atoms with Crippen LogP contribution >= 0.6 is 11.6 Å². The zero-order valence-electron chi connectivity index (χ0n) is 17.4. The van der Waals surface area contributed by atoms with Gasteiger partial charge < -0.3 is 14.6 Å². The molecule has 0 spiro atoms. The Kier molecular flexibility index (Phi) is 6.89. The van der Waals surface area contributed by atoms with E-state index in [4.69, 9.17) is 11.6 Å². The van der Waals surface area contributed by atoms with Crippen molar-refractivity contribution in [1.82, 2.24) is 24.5 Å². The second kappa shape index (κ2) is 9.79. The molecule has 1 N–H and O–H groups in total. The van der Waals surface area contributed by atoms with Gasteiger partial charge in [0.25, 0.3) is 5.91 Å². The van der Waals surface area contributed by atoms with Crippen LogP contribution < -0.4 is 5.32 Å². The van der Waals surface area contributed by atoms with E-state index in [0.29, 0.717) is 48.5 Å². The smallest absolute Gasteiger partial charge is 0.274 e. The highest BCUT2D eigenvalue weighted by atomic mass is 35.5. The third-order valence-corrected chi connectivity index (χ3v) is 6.37. The molecule has 2 aromatic heterocycles. The average Bonchev–Trinajstić information content (AvgIpc) is 3.16. The molecule has 2 aliphatic rings. The molecule has 162 valence electrons. The van der Waals surface area contributed by atoms with Gasteiger partial charge in [-0.15, -0.1) is 0 Å². The van der Waals surface area contributed by atoms with Crippen molar-refractivity contribution in [3.05, 3.63) is 35.2 Å². The standard InChI is InChI=1S/C22H30ClN5O2/c23-17-7-8-20-25-19(16-28(20)15-17)22(30)27-11-4-2-9-24-21(29)14-18-6-1-3-10-26(18)12-5-13-27/h7-8,15-16,18H,1-6,9-14H2,(H,24,29). The molecule has 0 saturated carbocycles. The van der Waals surface area contributed by atoms with Crippen LogP contribution in [0.1, 0.15) is 55.4 Å². The summed E-state index contributed by atoms with van der Waals surface area (Å²) in [4.78, 5) is 34.3. The number of piperidine rings is 1. The fraction of sp³-hybridized carbons (Fsp3) is 0.591. The Morgan fingerprint density at radius 3 is 2.73 bits per heavy atom. The molecule has 30 heavy (non-hydrogen) atoms. The number of carbonyl (C=O) groups is 2. The first-order chi connectivity index (χ1) is 14.6. The Bertz CT molecular complexity index is 899. The number of nitrogens with zero attached hydrogens (tertiary/aromatic N) is 4. The quantitative estimate of drug-likeness (QED) is 0.753. The second-order valence-electron chi connectivity index (χ2n) is 8.33. The monoisotopic (exact) mass is 431 g/mol. The van der Waals surface area contributed by atoms with Gasteiger partial charge in [-0.2, -0.15) is 0 Å². The average molecular weight is 432 g/mol. The van der Waals surface area contributed by atoms with Crippen LogP contribution in [0.2, 0.25) is 5.02 Å². The highest BCUT2D eigenvalue weighted by Crippen LogP contribution is 2.20. The first-order valence-corrected chi connectivity index (χ1v) is 11.4. The van der Waals surface area contributed by atoms with Crippen LogP contribution in [-0.4, -0.2) is 69.8 Å². The third-order valence-electron chi connectivity index (χ3n) is 6.14. The van der Waals surface area contributed by atoms with E-state index in [2.05, 4.69) is 15.2 Å². The van der Waals surface area contributed by atoms with Gasteiger partial charge in [0, 0.05) is 51.0 Å². The van der Waals surface area contributed by atoms with Crippen molar-refractivity contribution >= 4 is 29.1 Å². The summed E-state index contributed by atoms with van der Waals surface area (Å²) < 4.78 is 1.80. The molecule has 4 rings (SSSR count). The van der Waals surface area contributed by atoms with Crippen molar-refractivity contribution in [2.24, 2.45) is 0 Å². The lowest BCUT2D eigenvalue weighted by Gasteiger charge is -2.35. The largest absolute Gasteiger partial charge is 0.356 e. The molecule has 8 heteroatoms. The van der Waals surface area contributed by atoms with Crippen LogP contribution in [0, 0.1) is 0 Å². The van der Waals surface area contributed by atoms with E-state index in [1.54, 1.807) is 22.9 Å². The number of amides is 2. The van der Waals surface area contributed by atoms with E-state index in [9.17, 15) is 9.59 Å². The summed E-state index contributed by atoms with van der Waals surface area (Å²) >= 11 is 6.06. The summed E-state index contributed by atoms with van der Waals surface area (Å²) in [5.74, 6) is 0.117. The summed E-state index contributed by atoms with van der Waals surface area (Å²) in [7, 11) is 0. The fourth-order valence-corrected chi connectivity index (χ4v) is 4.70. The first kappa shape index (κ1) is 21.1. The molecule has 2 amide bonds. The lowest BCUT2D eigenvalue weighted by molar-refractivity contribution is -0.122. The molecule has 0 aliphatic carbocycles. The minimum absolute atomic E-state index is 0.0380. The zero-order valence-corrected chi connectivity index (χ0v) is 18.1. The predicted octanol–water partition coefficient (Wildman–Crippen LogP) is 2.97. The van der Waals surface area contributed by atoms with E-state index >= 15 is 0 Å². The summed E-state index contributed by atoms with van der Waals surface area (Å²) in [5, 5.41) is 3.67. The van der Waals surface area contributed by atoms with Gasteiger partial charge in [-0.3, -0.25) is 14.5 Å². The molecule has 4 heterocycles. The van der Waals surface area contributed by atoms with Crippen molar-refractivity contribution < 1.29 is 9.59 Å². The Labute approximate surface area is 182 Å². The molecular weight excluding hydrogens is 402 g/mol. The number of rotatable bonds is 1. The molecule has 2 saturated heterocycles. The highest BCUT2D eigenvalue weighted by Gasteiger charge is 2.25. The summed E-state index contributed by atoms with van der Waals surface area (Å²) in [5.41, 5.74) is 1.16. The van der Waals surface area contributed by atoms with Gasteiger partial charge in [-0.25, -0.2) is 4.98 Å². The Hall–Kier alpha value is -2.12. The minimum atomic E-state index is -0.0380. The second-order valence-corrected chi connectivity index (χ2v) is 8.77. The Morgan fingerprint density at radius 1 is 1.03 bits per heavy atom. The van der Waals surface area contributed by atoms with E-state index < -0.39 is 0 Å². The lowest BCUT2D eigenvalue weighted by Crippen LogP contribution is -2.44. The number of aromatic nitrogens is 2. The SMILES string of the molecule is O=C1CC2CCCCN2CCCN(C(=O)c2cn3cc(Cl)ccc3n2)CCCCN1. The lowest BCUT2D eigenvalue weighted by atomic mass is 9.98. The number of halogens is 1. The van der Waals surface area contributed by atoms with Gasteiger partial charge in [0.1, 0.15) is 11.3 Å². The van der Waals surface area contributed by atoms with Crippen LogP contribution in [0.3, 0.4) is 0 Å². The number of carbonyl (C=O) groups excluding carboxylic acids is 2. The maximum Gasteiger partial charge on any atom is 0.274 e. The van der Waals surface area contributed by atoms with Gasteiger partial charge in [-0.05, 0) is 50.8 Å².